The lowest BCUT2D eigenvalue weighted by Gasteiger charge is -2.32. The number of rotatable bonds is 4. The van der Waals surface area contributed by atoms with Crippen LogP contribution in [0.4, 0.5) is 0 Å². The van der Waals surface area contributed by atoms with E-state index in [1.54, 1.807) is 22.6 Å². The second-order valence-electron chi connectivity index (χ2n) is 6.21. The maximum Gasteiger partial charge on any atom is 0.243 e. The van der Waals surface area contributed by atoms with Gasteiger partial charge < -0.3 is 5.32 Å². The number of pyridine rings is 1. The monoisotopic (exact) mass is 333 g/mol. The Hall–Kier alpha value is -1.50. The molecule has 3 rings (SSSR count). The van der Waals surface area contributed by atoms with E-state index in [9.17, 15) is 8.42 Å². The molecule has 1 N–H and O–H groups in total. The summed E-state index contributed by atoms with van der Waals surface area (Å²) in [6.45, 7) is 3.98. The van der Waals surface area contributed by atoms with Gasteiger partial charge in [0.25, 0.3) is 0 Å². The normalized spacial score (nSPS) is 20.0. The quantitative estimate of drug-likeness (QED) is 0.931. The topological polar surface area (TPSA) is 62.3 Å². The summed E-state index contributed by atoms with van der Waals surface area (Å²) in [6, 6.07) is 7.20. The van der Waals surface area contributed by atoms with Gasteiger partial charge in [-0.3, -0.25) is 4.98 Å². The smallest absolute Gasteiger partial charge is 0.243 e. The van der Waals surface area contributed by atoms with Gasteiger partial charge in [0.05, 0.1) is 10.4 Å². The molecule has 124 valence electrons. The Morgan fingerprint density at radius 2 is 2.17 bits per heavy atom. The zero-order valence-corrected chi connectivity index (χ0v) is 14.4. The number of aryl methyl sites for hydroxylation is 1. The van der Waals surface area contributed by atoms with Crippen LogP contribution >= 0.6 is 0 Å². The standard InChI is InChI=1S/C17H23N3O2S/c1-13-7-8-16(15-6-3-9-19-17(13)15)23(21,22)20-10-4-5-14(12-20)11-18-2/h3,6-9,14,18H,4-5,10-12H2,1-2H3. The van der Waals surface area contributed by atoms with Crippen molar-refractivity contribution in [3.8, 4) is 0 Å². The largest absolute Gasteiger partial charge is 0.319 e. The van der Waals surface area contributed by atoms with Gasteiger partial charge in [0, 0.05) is 24.7 Å². The minimum atomic E-state index is -3.49. The van der Waals surface area contributed by atoms with Crippen molar-refractivity contribution in [2.24, 2.45) is 5.92 Å². The third kappa shape index (κ3) is 3.11. The van der Waals surface area contributed by atoms with Crippen LogP contribution in [0.5, 0.6) is 0 Å². The molecule has 1 aliphatic rings. The van der Waals surface area contributed by atoms with Crippen molar-refractivity contribution in [3.05, 3.63) is 36.0 Å². The summed E-state index contributed by atoms with van der Waals surface area (Å²) >= 11 is 0. The molecule has 1 atom stereocenters. The minimum Gasteiger partial charge on any atom is -0.319 e. The molecular formula is C17H23N3O2S. The average molecular weight is 333 g/mol. The SMILES string of the molecule is CNCC1CCCN(S(=O)(=O)c2ccc(C)c3ncccc23)C1. The van der Waals surface area contributed by atoms with Crippen LogP contribution in [0.15, 0.2) is 35.4 Å². The Balaban J connectivity index is 2.02. The van der Waals surface area contributed by atoms with Crippen molar-refractivity contribution >= 4 is 20.9 Å². The fraction of sp³-hybridized carbons (Fsp3) is 0.471. The average Bonchev–Trinajstić information content (AvgIpc) is 2.56. The van der Waals surface area contributed by atoms with Gasteiger partial charge in [-0.1, -0.05) is 6.07 Å². The molecule has 2 aromatic rings. The lowest BCUT2D eigenvalue weighted by atomic mass is 10.00. The molecule has 0 bridgehead atoms. The third-order valence-electron chi connectivity index (χ3n) is 4.52. The molecule has 2 heterocycles. The van der Waals surface area contributed by atoms with Gasteiger partial charge in [-0.15, -0.1) is 0 Å². The lowest BCUT2D eigenvalue weighted by Crippen LogP contribution is -2.42. The predicted octanol–water partition coefficient (Wildman–Crippen LogP) is 2.16. The van der Waals surface area contributed by atoms with Gasteiger partial charge in [0.15, 0.2) is 0 Å². The highest BCUT2D eigenvalue weighted by Crippen LogP contribution is 2.29. The third-order valence-corrected chi connectivity index (χ3v) is 6.45. The number of piperidine rings is 1. The highest BCUT2D eigenvalue weighted by molar-refractivity contribution is 7.89. The molecular weight excluding hydrogens is 310 g/mol. The molecule has 1 fully saturated rings. The van der Waals surface area contributed by atoms with Crippen molar-refractivity contribution in [2.75, 3.05) is 26.7 Å². The van der Waals surface area contributed by atoms with Crippen LogP contribution in [0.1, 0.15) is 18.4 Å². The molecule has 0 radical (unpaired) electrons. The Morgan fingerprint density at radius 3 is 2.96 bits per heavy atom. The number of hydrogen-bond acceptors (Lipinski definition) is 4. The maximum absolute atomic E-state index is 13.1. The molecule has 0 spiro atoms. The summed E-state index contributed by atoms with van der Waals surface area (Å²) in [5, 5.41) is 3.87. The van der Waals surface area contributed by atoms with Crippen molar-refractivity contribution in [2.45, 2.75) is 24.7 Å². The first kappa shape index (κ1) is 16.4. The van der Waals surface area contributed by atoms with Crippen molar-refractivity contribution in [3.63, 3.8) is 0 Å². The molecule has 1 saturated heterocycles. The molecule has 1 unspecified atom stereocenters. The van der Waals surface area contributed by atoms with Crippen LogP contribution in [0.3, 0.4) is 0 Å². The van der Waals surface area contributed by atoms with Crippen LogP contribution in [-0.2, 0) is 10.0 Å². The fourth-order valence-electron chi connectivity index (χ4n) is 3.35. The van der Waals surface area contributed by atoms with Crippen molar-refractivity contribution < 1.29 is 8.42 Å². The first-order chi connectivity index (χ1) is 11.0. The van der Waals surface area contributed by atoms with Crippen molar-refractivity contribution in [1.82, 2.24) is 14.6 Å². The molecule has 1 aliphatic heterocycles. The minimum absolute atomic E-state index is 0.372. The Morgan fingerprint density at radius 1 is 1.35 bits per heavy atom. The molecule has 1 aromatic heterocycles. The maximum atomic E-state index is 13.1. The van der Waals surface area contributed by atoms with E-state index in [1.807, 2.05) is 26.1 Å². The predicted molar refractivity (Wildman–Crippen MR) is 91.9 cm³/mol. The Labute approximate surface area is 137 Å². The van der Waals surface area contributed by atoms with Gasteiger partial charge in [-0.25, -0.2) is 8.42 Å². The lowest BCUT2D eigenvalue weighted by molar-refractivity contribution is 0.263. The first-order valence-corrected chi connectivity index (χ1v) is 9.47. The van der Waals surface area contributed by atoms with Crippen LogP contribution in [-0.4, -0.2) is 44.4 Å². The van der Waals surface area contributed by atoms with E-state index in [4.69, 9.17) is 0 Å². The number of fused-ring (bicyclic) bond motifs is 1. The molecule has 5 nitrogen and oxygen atoms in total. The van der Waals surface area contributed by atoms with E-state index in [0.717, 1.165) is 30.5 Å². The van der Waals surface area contributed by atoms with Gasteiger partial charge in [0.2, 0.25) is 10.0 Å². The van der Waals surface area contributed by atoms with Crippen LogP contribution in [0.25, 0.3) is 10.9 Å². The van der Waals surface area contributed by atoms with E-state index < -0.39 is 10.0 Å². The van der Waals surface area contributed by atoms with E-state index in [1.165, 1.54) is 0 Å². The number of nitrogens with zero attached hydrogens (tertiary/aromatic N) is 2. The second kappa shape index (κ2) is 6.55. The molecule has 6 heteroatoms. The number of sulfonamides is 1. The summed E-state index contributed by atoms with van der Waals surface area (Å²) in [5.74, 6) is 0.373. The van der Waals surface area contributed by atoms with E-state index in [0.29, 0.717) is 29.3 Å². The first-order valence-electron chi connectivity index (χ1n) is 8.03. The molecule has 0 amide bonds. The van der Waals surface area contributed by atoms with Crippen LogP contribution in [0, 0.1) is 12.8 Å². The molecule has 23 heavy (non-hydrogen) atoms. The molecule has 1 aromatic carbocycles. The van der Waals surface area contributed by atoms with Crippen molar-refractivity contribution in [1.29, 1.82) is 0 Å². The van der Waals surface area contributed by atoms with E-state index >= 15 is 0 Å². The number of benzene rings is 1. The summed E-state index contributed by atoms with van der Waals surface area (Å²) in [5.41, 5.74) is 1.75. The molecule has 0 saturated carbocycles. The van der Waals surface area contributed by atoms with Crippen LogP contribution in [0.2, 0.25) is 0 Å². The second-order valence-corrected chi connectivity index (χ2v) is 8.12. The highest BCUT2D eigenvalue weighted by atomic mass is 32.2. The van der Waals surface area contributed by atoms with E-state index in [2.05, 4.69) is 10.3 Å². The number of aromatic nitrogens is 1. The van der Waals surface area contributed by atoms with Gasteiger partial charge in [0.1, 0.15) is 0 Å². The van der Waals surface area contributed by atoms with Gasteiger partial charge >= 0.3 is 0 Å². The fourth-order valence-corrected chi connectivity index (χ4v) is 5.09. The zero-order chi connectivity index (χ0) is 16.4. The summed E-state index contributed by atoms with van der Waals surface area (Å²) in [7, 11) is -1.58. The molecule has 0 aliphatic carbocycles. The summed E-state index contributed by atoms with van der Waals surface area (Å²) < 4.78 is 27.9. The van der Waals surface area contributed by atoms with Gasteiger partial charge in [-0.05, 0) is 63.0 Å². The highest BCUT2D eigenvalue weighted by Gasteiger charge is 2.31. The summed E-state index contributed by atoms with van der Waals surface area (Å²) in [4.78, 5) is 4.72. The van der Waals surface area contributed by atoms with Crippen LogP contribution < -0.4 is 5.32 Å². The zero-order valence-electron chi connectivity index (χ0n) is 13.6. The summed E-state index contributed by atoms with van der Waals surface area (Å²) in [6.07, 6.45) is 3.69. The number of nitrogens with one attached hydrogen (secondary N) is 1. The number of hydrogen-bond donors (Lipinski definition) is 1. The van der Waals surface area contributed by atoms with E-state index in [-0.39, 0.29) is 0 Å². The van der Waals surface area contributed by atoms with Gasteiger partial charge in [-0.2, -0.15) is 4.31 Å². The Kier molecular flexibility index (Phi) is 4.66. The Bertz CT molecular complexity index is 803.